The molecule has 18 heavy (non-hydrogen) atoms. The standard InChI is InChI=1S/C14H17BrN2O/c1-18-12-5-3-11(4-6-12)17-9-16-13-7-2-10(15)8-14(13)17/h2,7-9,11-12H,3-6H2,1H3. The zero-order chi connectivity index (χ0) is 12.5. The van der Waals surface area contributed by atoms with Crippen LogP contribution in [0.1, 0.15) is 31.7 Å². The molecule has 1 fully saturated rings. The van der Waals surface area contributed by atoms with Crippen molar-refractivity contribution in [1.82, 2.24) is 9.55 Å². The molecule has 0 aliphatic heterocycles. The Morgan fingerprint density at radius 1 is 1.28 bits per heavy atom. The van der Waals surface area contributed by atoms with Gasteiger partial charge in [-0.15, -0.1) is 0 Å². The van der Waals surface area contributed by atoms with Crippen LogP contribution >= 0.6 is 15.9 Å². The van der Waals surface area contributed by atoms with Crippen molar-refractivity contribution in [1.29, 1.82) is 0 Å². The van der Waals surface area contributed by atoms with E-state index in [1.807, 2.05) is 19.5 Å². The van der Waals surface area contributed by atoms with Crippen LogP contribution in [0, 0.1) is 0 Å². The summed E-state index contributed by atoms with van der Waals surface area (Å²) >= 11 is 3.53. The van der Waals surface area contributed by atoms with Gasteiger partial charge >= 0.3 is 0 Å². The molecule has 0 saturated heterocycles. The minimum absolute atomic E-state index is 0.447. The third kappa shape index (κ3) is 2.19. The van der Waals surface area contributed by atoms with E-state index in [0.717, 1.165) is 22.8 Å². The van der Waals surface area contributed by atoms with E-state index in [2.05, 4.69) is 37.6 Å². The summed E-state index contributed by atoms with van der Waals surface area (Å²) in [6.07, 6.45) is 7.08. The van der Waals surface area contributed by atoms with Crippen molar-refractivity contribution in [3.63, 3.8) is 0 Å². The fourth-order valence-corrected chi connectivity index (χ4v) is 3.20. The van der Waals surface area contributed by atoms with Crippen LogP contribution in [0.25, 0.3) is 11.0 Å². The van der Waals surface area contributed by atoms with E-state index in [-0.39, 0.29) is 0 Å². The smallest absolute Gasteiger partial charge is 0.0960 e. The molecule has 0 bridgehead atoms. The molecule has 3 rings (SSSR count). The first kappa shape index (κ1) is 12.2. The molecule has 1 heterocycles. The maximum Gasteiger partial charge on any atom is 0.0960 e. The average Bonchev–Trinajstić information content (AvgIpc) is 2.82. The highest BCUT2D eigenvalue weighted by atomic mass is 79.9. The number of aromatic nitrogens is 2. The van der Waals surface area contributed by atoms with Crippen molar-refractivity contribution in [3.05, 3.63) is 29.0 Å². The van der Waals surface area contributed by atoms with Gasteiger partial charge in [0.1, 0.15) is 0 Å². The lowest BCUT2D eigenvalue weighted by Gasteiger charge is -2.28. The van der Waals surface area contributed by atoms with Gasteiger partial charge in [0.2, 0.25) is 0 Å². The molecule has 96 valence electrons. The van der Waals surface area contributed by atoms with Gasteiger partial charge in [0.05, 0.1) is 23.5 Å². The normalized spacial score (nSPS) is 24.6. The quantitative estimate of drug-likeness (QED) is 0.840. The summed E-state index contributed by atoms with van der Waals surface area (Å²) in [6, 6.07) is 6.83. The molecule has 0 N–H and O–H groups in total. The van der Waals surface area contributed by atoms with E-state index in [1.165, 1.54) is 18.4 Å². The van der Waals surface area contributed by atoms with Crippen molar-refractivity contribution in [2.24, 2.45) is 0 Å². The number of rotatable bonds is 2. The fraction of sp³-hybridized carbons (Fsp3) is 0.500. The fourth-order valence-electron chi connectivity index (χ4n) is 2.85. The largest absolute Gasteiger partial charge is 0.381 e. The van der Waals surface area contributed by atoms with E-state index in [1.54, 1.807) is 0 Å². The molecule has 0 amide bonds. The molecule has 4 heteroatoms. The van der Waals surface area contributed by atoms with E-state index in [9.17, 15) is 0 Å². The van der Waals surface area contributed by atoms with Crippen LogP contribution in [0.4, 0.5) is 0 Å². The van der Waals surface area contributed by atoms with Gasteiger partial charge in [-0.25, -0.2) is 4.98 Å². The highest BCUT2D eigenvalue weighted by Crippen LogP contribution is 2.32. The topological polar surface area (TPSA) is 27.1 Å². The van der Waals surface area contributed by atoms with Crippen LogP contribution in [-0.4, -0.2) is 22.8 Å². The zero-order valence-corrected chi connectivity index (χ0v) is 12.1. The molecule has 1 aliphatic rings. The molecule has 0 atom stereocenters. The summed E-state index contributed by atoms with van der Waals surface area (Å²) in [6.45, 7) is 0. The van der Waals surface area contributed by atoms with Crippen molar-refractivity contribution < 1.29 is 4.74 Å². The Hall–Kier alpha value is -0.870. The second-order valence-electron chi connectivity index (χ2n) is 4.95. The number of nitrogens with zero attached hydrogens (tertiary/aromatic N) is 2. The van der Waals surface area contributed by atoms with Crippen molar-refractivity contribution >= 4 is 27.0 Å². The van der Waals surface area contributed by atoms with Gasteiger partial charge in [0.15, 0.2) is 0 Å². The summed E-state index contributed by atoms with van der Waals surface area (Å²) in [5.74, 6) is 0. The zero-order valence-electron chi connectivity index (χ0n) is 10.5. The summed E-state index contributed by atoms with van der Waals surface area (Å²) in [7, 11) is 1.81. The maximum atomic E-state index is 5.43. The van der Waals surface area contributed by atoms with Crippen molar-refractivity contribution in [3.8, 4) is 0 Å². The van der Waals surface area contributed by atoms with Gasteiger partial charge in [0.25, 0.3) is 0 Å². The van der Waals surface area contributed by atoms with Crippen molar-refractivity contribution in [2.75, 3.05) is 7.11 Å². The molecular weight excluding hydrogens is 292 g/mol. The molecule has 0 spiro atoms. The number of imidazole rings is 1. The Kier molecular flexibility index (Phi) is 3.39. The van der Waals surface area contributed by atoms with Crippen LogP contribution in [0.5, 0.6) is 0 Å². The molecule has 1 aliphatic carbocycles. The van der Waals surface area contributed by atoms with E-state index in [4.69, 9.17) is 4.74 Å². The highest BCUT2D eigenvalue weighted by molar-refractivity contribution is 9.10. The van der Waals surface area contributed by atoms with Crippen LogP contribution < -0.4 is 0 Å². The molecule has 1 aromatic heterocycles. The van der Waals surface area contributed by atoms with Gasteiger partial charge < -0.3 is 9.30 Å². The number of fused-ring (bicyclic) bond motifs is 1. The molecule has 1 saturated carbocycles. The number of methoxy groups -OCH3 is 1. The Bertz CT molecular complexity index is 544. The Morgan fingerprint density at radius 3 is 2.78 bits per heavy atom. The van der Waals surface area contributed by atoms with Crippen LogP contribution in [-0.2, 0) is 4.74 Å². The number of hydrogen-bond donors (Lipinski definition) is 0. The lowest BCUT2D eigenvalue weighted by molar-refractivity contribution is 0.0589. The Balaban J connectivity index is 1.88. The van der Waals surface area contributed by atoms with Gasteiger partial charge in [-0.05, 0) is 43.9 Å². The average molecular weight is 309 g/mol. The molecule has 2 aromatic rings. The minimum Gasteiger partial charge on any atom is -0.381 e. The summed E-state index contributed by atoms with van der Waals surface area (Å²) in [5, 5.41) is 0. The molecular formula is C14H17BrN2O. The Labute approximate surface area is 115 Å². The number of ether oxygens (including phenoxy) is 1. The monoisotopic (exact) mass is 308 g/mol. The van der Waals surface area contributed by atoms with Gasteiger partial charge in [-0.3, -0.25) is 0 Å². The third-order valence-electron chi connectivity index (χ3n) is 3.91. The van der Waals surface area contributed by atoms with Crippen LogP contribution in [0.15, 0.2) is 29.0 Å². The minimum atomic E-state index is 0.447. The van der Waals surface area contributed by atoms with Gasteiger partial charge in [-0.2, -0.15) is 0 Å². The van der Waals surface area contributed by atoms with Crippen LogP contribution in [0.2, 0.25) is 0 Å². The first-order chi connectivity index (χ1) is 8.78. The lowest BCUT2D eigenvalue weighted by Crippen LogP contribution is -2.22. The summed E-state index contributed by atoms with van der Waals surface area (Å²) in [4.78, 5) is 4.49. The molecule has 1 aromatic carbocycles. The second kappa shape index (κ2) is 5.02. The van der Waals surface area contributed by atoms with Gasteiger partial charge in [-0.1, -0.05) is 15.9 Å². The van der Waals surface area contributed by atoms with Crippen LogP contribution in [0.3, 0.4) is 0 Å². The molecule has 3 nitrogen and oxygen atoms in total. The predicted octanol–water partition coefficient (Wildman–Crippen LogP) is 3.93. The lowest BCUT2D eigenvalue weighted by atomic mass is 9.93. The van der Waals surface area contributed by atoms with E-state index >= 15 is 0 Å². The molecule has 0 unspecified atom stereocenters. The molecule has 0 radical (unpaired) electrons. The Morgan fingerprint density at radius 2 is 2.06 bits per heavy atom. The summed E-state index contributed by atoms with van der Waals surface area (Å²) < 4.78 is 8.87. The highest BCUT2D eigenvalue weighted by Gasteiger charge is 2.23. The second-order valence-corrected chi connectivity index (χ2v) is 5.87. The SMILES string of the molecule is COC1CCC(n2cnc3ccc(Br)cc32)CC1. The number of hydrogen-bond acceptors (Lipinski definition) is 2. The number of halogens is 1. The third-order valence-corrected chi connectivity index (χ3v) is 4.40. The number of benzene rings is 1. The maximum absolute atomic E-state index is 5.43. The first-order valence-electron chi connectivity index (χ1n) is 6.43. The van der Waals surface area contributed by atoms with E-state index in [0.29, 0.717) is 12.1 Å². The summed E-state index contributed by atoms with van der Waals surface area (Å²) in [5.41, 5.74) is 2.30. The van der Waals surface area contributed by atoms with Crippen molar-refractivity contribution in [2.45, 2.75) is 37.8 Å². The van der Waals surface area contributed by atoms with Gasteiger partial charge in [0, 0.05) is 17.6 Å². The van der Waals surface area contributed by atoms with E-state index < -0.39 is 0 Å². The first-order valence-corrected chi connectivity index (χ1v) is 7.22. The predicted molar refractivity (Wildman–Crippen MR) is 75.7 cm³/mol.